The fourth-order valence-electron chi connectivity index (χ4n) is 2.25. The van der Waals surface area contributed by atoms with Crippen molar-refractivity contribution in [1.82, 2.24) is 25.0 Å². The predicted octanol–water partition coefficient (Wildman–Crippen LogP) is 2.65. The summed E-state index contributed by atoms with van der Waals surface area (Å²) in [6.45, 7) is 8.26. The van der Waals surface area contributed by atoms with E-state index in [1.54, 1.807) is 0 Å². The molecule has 0 aliphatic rings. The van der Waals surface area contributed by atoms with Gasteiger partial charge in [-0.1, -0.05) is 29.8 Å². The number of rotatable bonds is 5. The quantitative estimate of drug-likeness (QED) is 0.440. The Labute approximate surface area is 161 Å². The number of aliphatic imine (C=N–C) groups is 1. The molecule has 24 heavy (non-hydrogen) atoms. The normalized spacial score (nSPS) is 11.1. The van der Waals surface area contributed by atoms with Gasteiger partial charge in [-0.2, -0.15) is 0 Å². The first-order chi connectivity index (χ1) is 11.0. The van der Waals surface area contributed by atoms with Gasteiger partial charge < -0.3 is 14.8 Å². The predicted molar refractivity (Wildman–Crippen MR) is 109 cm³/mol. The molecule has 0 bridgehead atoms. The molecular weight excluding hydrogens is 415 g/mol. The summed E-state index contributed by atoms with van der Waals surface area (Å²) < 4.78 is 1.97. The van der Waals surface area contributed by atoms with Gasteiger partial charge in [0.05, 0.1) is 0 Å². The molecule has 1 aromatic heterocycles. The lowest BCUT2D eigenvalue weighted by Crippen LogP contribution is -2.38. The summed E-state index contributed by atoms with van der Waals surface area (Å²) in [7, 11) is 4.01. The molecule has 0 saturated heterocycles. The first-order valence-corrected chi connectivity index (χ1v) is 7.91. The Hall–Kier alpha value is -1.64. The Kier molecular flexibility index (Phi) is 8.17. The highest BCUT2D eigenvalue weighted by molar-refractivity contribution is 14.0. The van der Waals surface area contributed by atoms with E-state index in [0.29, 0.717) is 6.54 Å². The maximum atomic E-state index is 4.68. The standard InChI is InChI=1S/C17H26N6.HI/c1-6-18-17(19-11-16-21-20-14(3)23(16)5)22(4)12-15-9-7-13(2)8-10-15;/h7-10H,6,11-12H2,1-5H3,(H,18,19);1H. The Morgan fingerprint density at radius 1 is 1.21 bits per heavy atom. The Balaban J connectivity index is 0.00000288. The zero-order valence-electron chi connectivity index (χ0n) is 15.1. The van der Waals surface area contributed by atoms with Gasteiger partial charge in [0.1, 0.15) is 12.4 Å². The number of halogens is 1. The van der Waals surface area contributed by atoms with Crippen molar-refractivity contribution in [2.45, 2.75) is 33.9 Å². The summed E-state index contributed by atoms with van der Waals surface area (Å²) in [6.07, 6.45) is 0. The van der Waals surface area contributed by atoms with Crippen molar-refractivity contribution in [3.63, 3.8) is 0 Å². The largest absolute Gasteiger partial charge is 0.357 e. The number of nitrogens with zero attached hydrogens (tertiary/aromatic N) is 5. The third-order valence-corrected chi connectivity index (χ3v) is 3.79. The monoisotopic (exact) mass is 442 g/mol. The van der Waals surface area contributed by atoms with Crippen LogP contribution in [0.3, 0.4) is 0 Å². The van der Waals surface area contributed by atoms with E-state index in [1.807, 2.05) is 25.6 Å². The third-order valence-electron chi connectivity index (χ3n) is 3.79. The molecule has 6 nitrogen and oxygen atoms in total. The van der Waals surface area contributed by atoms with Crippen molar-refractivity contribution in [3.05, 3.63) is 47.0 Å². The van der Waals surface area contributed by atoms with Crippen LogP contribution in [0.25, 0.3) is 0 Å². The van der Waals surface area contributed by atoms with Gasteiger partial charge in [0.25, 0.3) is 0 Å². The van der Waals surface area contributed by atoms with Gasteiger partial charge in [0, 0.05) is 27.2 Å². The van der Waals surface area contributed by atoms with Gasteiger partial charge in [0.2, 0.25) is 0 Å². The lowest BCUT2D eigenvalue weighted by atomic mass is 10.1. The smallest absolute Gasteiger partial charge is 0.194 e. The number of nitrogens with one attached hydrogen (secondary N) is 1. The Morgan fingerprint density at radius 3 is 2.42 bits per heavy atom. The molecular formula is C17H27IN6. The molecule has 1 N–H and O–H groups in total. The number of hydrogen-bond acceptors (Lipinski definition) is 3. The zero-order chi connectivity index (χ0) is 16.8. The molecule has 0 atom stereocenters. The van der Waals surface area contributed by atoms with E-state index < -0.39 is 0 Å². The molecule has 7 heteroatoms. The molecule has 0 unspecified atom stereocenters. The number of guanidine groups is 1. The van der Waals surface area contributed by atoms with Gasteiger partial charge in [0.15, 0.2) is 11.8 Å². The van der Waals surface area contributed by atoms with E-state index in [-0.39, 0.29) is 24.0 Å². The highest BCUT2D eigenvalue weighted by Gasteiger charge is 2.09. The molecule has 0 saturated carbocycles. The second-order valence-electron chi connectivity index (χ2n) is 5.73. The summed E-state index contributed by atoms with van der Waals surface area (Å²) in [4.78, 5) is 6.80. The van der Waals surface area contributed by atoms with Gasteiger partial charge >= 0.3 is 0 Å². The molecule has 0 fully saturated rings. The van der Waals surface area contributed by atoms with Gasteiger partial charge in [-0.15, -0.1) is 34.2 Å². The first-order valence-electron chi connectivity index (χ1n) is 7.91. The molecule has 0 aliphatic carbocycles. The van der Waals surface area contributed by atoms with Gasteiger partial charge in [-0.3, -0.25) is 0 Å². The number of aryl methyl sites for hydroxylation is 2. The summed E-state index contributed by atoms with van der Waals surface area (Å²) >= 11 is 0. The Bertz CT molecular complexity index is 662. The molecule has 0 aliphatic heterocycles. The second kappa shape index (κ2) is 9.61. The topological polar surface area (TPSA) is 58.3 Å². The second-order valence-corrected chi connectivity index (χ2v) is 5.73. The summed E-state index contributed by atoms with van der Waals surface area (Å²) in [5, 5.41) is 11.6. The van der Waals surface area contributed by atoms with E-state index in [2.05, 4.69) is 63.5 Å². The van der Waals surface area contributed by atoms with Crippen LogP contribution in [-0.4, -0.2) is 39.2 Å². The number of aromatic nitrogens is 3. The molecule has 132 valence electrons. The fourth-order valence-corrected chi connectivity index (χ4v) is 2.25. The highest BCUT2D eigenvalue weighted by Crippen LogP contribution is 2.07. The zero-order valence-corrected chi connectivity index (χ0v) is 17.4. The van der Waals surface area contributed by atoms with Gasteiger partial charge in [-0.05, 0) is 26.3 Å². The first kappa shape index (κ1) is 20.4. The van der Waals surface area contributed by atoms with Crippen LogP contribution in [0.15, 0.2) is 29.3 Å². The van der Waals surface area contributed by atoms with Crippen LogP contribution in [0.2, 0.25) is 0 Å². The summed E-state index contributed by atoms with van der Waals surface area (Å²) in [5.41, 5.74) is 2.54. The van der Waals surface area contributed by atoms with Crippen LogP contribution in [-0.2, 0) is 20.1 Å². The van der Waals surface area contributed by atoms with Crippen molar-refractivity contribution in [2.75, 3.05) is 13.6 Å². The van der Waals surface area contributed by atoms with Crippen LogP contribution < -0.4 is 5.32 Å². The van der Waals surface area contributed by atoms with E-state index in [0.717, 1.165) is 30.7 Å². The molecule has 2 rings (SSSR count). The van der Waals surface area contributed by atoms with Crippen molar-refractivity contribution in [1.29, 1.82) is 0 Å². The molecule has 0 amide bonds. The van der Waals surface area contributed by atoms with E-state index >= 15 is 0 Å². The van der Waals surface area contributed by atoms with Crippen molar-refractivity contribution >= 4 is 29.9 Å². The third kappa shape index (κ3) is 5.47. The average Bonchev–Trinajstić information content (AvgIpc) is 2.85. The molecule has 0 radical (unpaired) electrons. The van der Waals surface area contributed by atoms with Crippen LogP contribution in [0, 0.1) is 13.8 Å². The highest BCUT2D eigenvalue weighted by atomic mass is 127. The summed E-state index contributed by atoms with van der Waals surface area (Å²) in [6, 6.07) is 8.58. The van der Waals surface area contributed by atoms with E-state index in [1.165, 1.54) is 11.1 Å². The van der Waals surface area contributed by atoms with Crippen molar-refractivity contribution in [2.24, 2.45) is 12.0 Å². The maximum absolute atomic E-state index is 4.68. The van der Waals surface area contributed by atoms with Crippen molar-refractivity contribution < 1.29 is 0 Å². The SMILES string of the molecule is CCNC(=NCc1nnc(C)n1C)N(C)Cc1ccc(C)cc1.I. The fraction of sp³-hybridized carbons (Fsp3) is 0.471. The lowest BCUT2D eigenvalue weighted by molar-refractivity contribution is 0.476. The van der Waals surface area contributed by atoms with Gasteiger partial charge in [-0.25, -0.2) is 4.99 Å². The molecule has 1 aromatic carbocycles. The lowest BCUT2D eigenvalue weighted by Gasteiger charge is -2.22. The molecule has 0 spiro atoms. The number of benzene rings is 1. The van der Waals surface area contributed by atoms with Crippen LogP contribution in [0.1, 0.15) is 29.7 Å². The average molecular weight is 442 g/mol. The van der Waals surface area contributed by atoms with E-state index in [9.17, 15) is 0 Å². The minimum absolute atomic E-state index is 0. The molecule has 1 heterocycles. The van der Waals surface area contributed by atoms with Crippen LogP contribution in [0.5, 0.6) is 0 Å². The number of hydrogen-bond donors (Lipinski definition) is 1. The Morgan fingerprint density at radius 2 is 1.88 bits per heavy atom. The van der Waals surface area contributed by atoms with E-state index in [4.69, 9.17) is 0 Å². The molecule has 2 aromatic rings. The summed E-state index contributed by atoms with van der Waals surface area (Å²) in [5.74, 6) is 2.63. The van der Waals surface area contributed by atoms with Crippen LogP contribution >= 0.6 is 24.0 Å². The van der Waals surface area contributed by atoms with Crippen LogP contribution in [0.4, 0.5) is 0 Å². The van der Waals surface area contributed by atoms with Crippen molar-refractivity contribution in [3.8, 4) is 0 Å². The maximum Gasteiger partial charge on any atom is 0.194 e. The minimum Gasteiger partial charge on any atom is -0.357 e. The minimum atomic E-state index is 0.